The van der Waals surface area contributed by atoms with Crippen LogP contribution in [-0.4, -0.2) is 37.0 Å². The molecule has 5 heteroatoms. The van der Waals surface area contributed by atoms with E-state index in [0.717, 1.165) is 19.1 Å². The van der Waals surface area contributed by atoms with Gasteiger partial charge in [-0.25, -0.2) is 4.79 Å². The van der Waals surface area contributed by atoms with E-state index in [1.807, 2.05) is 13.8 Å². The van der Waals surface area contributed by atoms with Gasteiger partial charge in [-0.1, -0.05) is 6.92 Å². The number of ether oxygens (including phenoxy) is 2. The van der Waals surface area contributed by atoms with Crippen molar-refractivity contribution < 1.29 is 19.4 Å². The van der Waals surface area contributed by atoms with Gasteiger partial charge in [-0.3, -0.25) is 0 Å². The highest BCUT2D eigenvalue weighted by atomic mass is 16.5. The van der Waals surface area contributed by atoms with E-state index in [-0.39, 0.29) is 11.7 Å². The molecule has 0 radical (unpaired) electrons. The molecule has 0 aromatic heterocycles. The van der Waals surface area contributed by atoms with Crippen LogP contribution in [0.25, 0.3) is 0 Å². The van der Waals surface area contributed by atoms with E-state index < -0.39 is 5.97 Å². The predicted octanol–water partition coefficient (Wildman–Crippen LogP) is 2.13. The van der Waals surface area contributed by atoms with Gasteiger partial charge in [0.2, 0.25) is 0 Å². The van der Waals surface area contributed by atoms with Crippen molar-refractivity contribution in [3.8, 4) is 6.07 Å². The Balaban J connectivity index is 3.64. The lowest BCUT2D eigenvalue weighted by Gasteiger charge is -2.12. The molecule has 0 rings (SSSR count). The van der Waals surface area contributed by atoms with Gasteiger partial charge in [0.1, 0.15) is 0 Å². The molecule has 0 aromatic carbocycles. The molecule has 102 valence electrons. The predicted molar refractivity (Wildman–Crippen MR) is 67.1 cm³/mol. The van der Waals surface area contributed by atoms with E-state index in [0.29, 0.717) is 26.1 Å². The molecule has 1 unspecified atom stereocenters. The highest BCUT2D eigenvalue weighted by molar-refractivity contribution is 5.87. The van der Waals surface area contributed by atoms with Gasteiger partial charge >= 0.3 is 5.97 Å². The molecular weight excluding hydrogens is 234 g/mol. The summed E-state index contributed by atoms with van der Waals surface area (Å²) in [5.74, 6) is -1.05. The fourth-order valence-electron chi connectivity index (χ4n) is 1.30. The maximum atomic E-state index is 10.7. The minimum Gasteiger partial charge on any atom is -0.478 e. The van der Waals surface area contributed by atoms with Crippen LogP contribution in [0.1, 0.15) is 33.1 Å². The molecule has 0 aliphatic carbocycles. The molecule has 18 heavy (non-hydrogen) atoms. The van der Waals surface area contributed by atoms with E-state index in [9.17, 15) is 4.79 Å². The number of rotatable bonds is 10. The van der Waals surface area contributed by atoms with E-state index in [4.69, 9.17) is 19.8 Å². The van der Waals surface area contributed by atoms with Crippen LogP contribution in [0.4, 0.5) is 0 Å². The zero-order chi connectivity index (χ0) is 13.8. The Morgan fingerprint density at radius 3 is 2.78 bits per heavy atom. The fraction of sp³-hybridized carbons (Fsp3) is 0.692. The smallest absolute Gasteiger partial charge is 0.332 e. The molecule has 0 bridgehead atoms. The van der Waals surface area contributed by atoms with Crippen LogP contribution in [-0.2, 0) is 14.3 Å². The highest BCUT2D eigenvalue weighted by Crippen LogP contribution is 2.05. The van der Waals surface area contributed by atoms with Crippen LogP contribution in [0.3, 0.4) is 0 Å². The number of carboxylic acids is 1. The van der Waals surface area contributed by atoms with Crippen molar-refractivity contribution >= 4 is 5.97 Å². The first-order valence-corrected chi connectivity index (χ1v) is 6.13. The number of nitrogens with zero attached hydrogens (tertiary/aromatic N) is 1. The Morgan fingerprint density at radius 2 is 2.22 bits per heavy atom. The number of carboxylic acid groups (broad SMARTS) is 1. The summed E-state index contributed by atoms with van der Waals surface area (Å²) < 4.78 is 10.8. The summed E-state index contributed by atoms with van der Waals surface area (Å²) in [5, 5.41) is 17.2. The van der Waals surface area contributed by atoms with Crippen LogP contribution < -0.4 is 0 Å². The summed E-state index contributed by atoms with van der Waals surface area (Å²) in [4.78, 5) is 10.7. The van der Waals surface area contributed by atoms with Crippen LogP contribution in [0, 0.1) is 11.3 Å². The Kier molecular flexibility index (Phi) is 9.93. The number of carbonyl (C=O) groups is 1. The molecule has 0 fully saturated rings. The normalized spacial score (nSPS) is 13.1. The third-order valence-corrected chi connectivity index (χ3v) is 2.21. The van der Waals surface area contributed by atoms with E-state index in [1.165, 1.54) is 0 Å². The number of aliphatic carboxylic acids is 1. The van der Waals surface area contributed by atoms with Gasteiger partial charge in [-0.2, -0.15) is 5.26 Å². The first-order chi connectivity index (χ1) is 8.61. The Bertz CT molecular complexity index is 307. The van der Waals surface area contributed by atoms with Crippen LogP contribution in [0.15, 0.2) is 11.6 Å². The molecular formula is C13H21NO4. The maximum Gasteiger partial charge on any atom is 0.332 e. The number of hydrogen-bond donors (Lipinski definition) is 1. The molecule has 0 saturated heterocycles. The van der Waals surface area contributed by atoms with Gasteiger partial charge in [0.05, 0.1) is 18.8 Å². The zero-order valence-electron chi connectivity index (χ0n) is 11.0. The third kappa shape index (κ3) is 8.74. The van der Waals surface area contributed by atoms with Crippen molar-refractivity contribution in [3.05, 3.63) is 11.6 Å². The summed E-state index contributed by atoms with van der Waals surface area (Å²) in [7, 11) is 0. The molecule has 0 aromatic rings. The van der Waals surface area contributed by atoms with Gasteiger partial charge in [-0.15, -0.1) is 0 Å². The van der Waals surface area contributed by atoms with Crippen molar-refractivity contribution in [1.82, 2.24) is 0 Å². The van der Waals surface area contributed by atoms with E-state index in [1.54, 1.807) is 6.07 Å². The first-order valence-electron chi connectivity index (χ1n) is 6.13. The molecule has 5 nitrogen and oxygen atoms in total. The Morgan fingerprint density at radius 1 is 1.50 bits per heavy atom. The highest BCUT2D eigenvalue weighted by Gasteiger charge is 2.07. The summed E-state index contributed by atoms with van der Waals surface area (Å²) in [6.45, 7) is 5.68. The van der Waals surface area contributed by atoms with Crippen LogP contribution in [0.2, 0.25) is 0 Å². The SMILES string of the molecule is CCCOC(C)COCCCC(=CC#N)C(=O)O. The Labute approximate surface area is 108 Å². The van der Waals surface area contributed by atoms with E-state index in [2.05, 4.69) is 0 Å². The van der Waals surface area contributed by atoms with Gasteiger partial charge < -0.3 is 14.6 Å². The van der Waals surface area contributed by atoms with Gasteiger partial charge in [0.15, 0.2) is 0 Å². The molecule has 0 aliphatic rings. The number of nitriles is 1. The largest absolute Gasteiger partial charge is 0.478 e. The molecule has 0 heterocycles. The van der Waals surface area contributed by atoms with Gasteiger partial charge in [0.25, 0.3) is 0 Å². The second kappa shape index (κ2) is 10.8. The molecule has 0 saturated carbocycles. The van der Waals surface area contributed by atoms with Crippen molar-refractivity contribution in [2.24, 2.45) is 0 Å². The quantitative estimate of drug-likeness (QED) is 0.367. The lowest BCUT2D eigenvalue weighted by atomic mass is 10.1. The van der Waals surface area contributed by atoms with Crippen LogP contribution >= 0.6 is 0 Å². The zero-order valence-corrected chi connectivity index (χ0v) is 11.0. The summed E-state index contributed by atoms with van der Waals surface area (Å²) in [6, 6.07) is 1.73. The first kappa shape index (κ1) is 16.6. The molecule has 1 N–H and O–H groups in total. The minimum absolute atomic E-state index is 0.0542. The monoisotopic (exact) mass is 255 g/mol. The third-order valence-electron chi connectivity index (χ3n) is 2.21. The van der Waals surface area contributed by atoms with Crippen molar-refractivity contribution in [1.29, 1.82) is 5.26 Å². The van der Waals surface area contributed by atoms with Gasteiger partial charge in [0, 0.05) is 24.9 Å². The van der Waals surface area contributed by atoms with Crippen molar-refractivity contribution in [2.45, 2.75) is 39.2 Å². The topological polar surface area (TPSA) is 79.5 Å². The summed E-state index contributed by atoms with van der Waals surface area (Å²) in [6.07, 6.45) is 3.02. The standard InChI is InChI=1S/C13H21NO4/c1-3-8-18-11(2)10-17-9-4-5-12(6-7-14)13(15)16/h6,11H,3-5,8-10H2,1-2H3,(H,15,16). The average Bonchev–Trinajstić information content (AvgIpc) is 2.34. The van der Waals surface area contributed by atoms with Crippen molar-refractivity contribution in [3.63, 3.8) is 0 Å². The van der Waals surface area contributed by atoms with Crippen LogP contribution in [0.5, 0.6) is 0 Å². The molecule has 0 spiro atoms. The van der Waals surface area contributed by atoms with E-state index >= 15 is 0 Å². The number of hydrogen-bond acceptors (Lipinski definition) is 4. The minimum atomic E-state index is -1.05. The fourth-order valence-corrected chi connectivity index (χ4v) is 1.30. The second-order valence-corrected chi connectivity index (χ2v) is 3.96. The summed E-state index contributed by atoms with van der Waals surface area (Å²) in [5.41, 5.74) is 0.122. The summed E-state index contributed by atoms with van der Waals surface area (Å²) >= 11 is 0. The average molecular weight is 255 g/mol. The lowest BCUT2D eigenvalue weighted by molar-refractivity contribution is -0.132. The molecule has 0 amide bonds. The molecule has 1 atom stereocenters. The number of allylic oxidation sites excluding steroid dienone is 1. The maximum absolute atomic E-state index is 10.7. The molecule has 0 aliphatic heterocycles. The Hall–Kier alpha value is -1.38. The second-order valence-electron chi connectivity index (χ2n) is 3.96. The van der Waals surface area contributed by atoms with Gasteiger partial charge in [-0.05, 0) is 26.2 Å². The lowest BCUT2D eigenvalue weighted by Crippen LogP contribution is -2.17. The van der Waals surface area contributed by atoms with Crippen molar-refractivity contribution in [2.75, 3.05) is 19.8 Å².